The molecule has 2 rings (SSSR count). The van der Waals surface area contributed by atoms with E-state index in [0.29, 0.717) is 6.42 Å². The quantitative estimate of drug-likeness (QED) is 0.876. The average molecular weight is 331 g/mol. The van der Waals surface area contributed by atoms with Gasteiger partial charge in [-0.15, -0.1) is 0 Å². The van der Waals surface area contributed by atoms with Crippen LogP contribution in [-0.2, 0) is 0 Å². The molecule has 0 radical (unpaired) electrons. The molecule has 1 N–H and O–H groups in total. The maximum atomic E-state index is 8.99. The van der Waals surface area contributed by atoms with Crippen LogP contribution in [0.1, 0.15) is 18.0 Å². The van der Waals surface area contributed by atoms with Crippen molar-refractivity contribution >= 4 is 21.6 Å². The highest BCUT2D eigenvalue weighted by Crippen LogP contribution is 2.30. The third kappa shape index (κ3) is 3.52. The zero-order chi connectivity index (χ0) is 14.4. The van der Waals surface area contributed by atoms with Crippen molar-refractivity contribution in [2.24, 2.45) is 0 Å². The summed E-state index contributed by atoms with van der Waals surface area (Å²) in [6.07, 6.45) is 0.410. The lowest BCUT2D eigenvalue weighted by Crippen LogP contribution is -2.10. The Bertz CT molecular complexity index is 608. The number of anilines is 1. The molecule has 2 aromatic rings. The maximum Gasteiger partial charge on any atom is 0.133 e. The Balaban J connectivity index is 2.21. The van der Waals surface area contributed by atoms with Crippen LogP contribution >= 0.6 is 15.9 Å². The molecule has 1 unspecified atom stereocenters. The molecule has 0 saturated carbocycles. The van der Waals surface area contributed by atoms with Crippen molar-refractivity contribution in [1.29, 1.82) is 5.26 Å². The molecular formula is C16H15BrN2O. The molecule has 20 heavy (non-hydrogen) atoms. The van der Waals surface area contributed by atoms with Crippen LogP contribution in [0.3, 0.4) is 0 Å². The minimum absolute atomic E-state index is 0.0264. The molecule has 3 nitrogen and oxygen atoms in total. The lowest BCUT2D eigenvalue weighted by Gasteiger charge is -2.18. The van der Waals surface area contributed by atoms with Gasteiger partial charge in [-0.25, -0.2) is 0 Å². The fourth-order valence-electron chi connectivity index (χ4n) is 1.99. The molecule has 0 saturated heterocycles. The normalized spacial score (nSPS) is 11.4. The van der Waals surface area contributed by atoms with Crippen LogP contribution in [0.25, 0.3) is 0 Å². The fraction of sp³-hybridized carbons (Fsp3) is 0.188. The van der Waals surface area contributed by atoms with Gasteiger partial charge in [-0.3, -0.25) is 0 Å². The van der Waals surface area contributed by atoms with Gasteiger partial charge < -0.3 is 10.1 Å². The first-order valence-electron chi connectivity index (χ1n) is 6.26. The molecule has 102 valence electrons. The van der Waals surface area contributed by atoms with Crippen molar-refractivity contribution in [3.8, 4) is 11.8 Å². The first kappa shape index (κ1) is 14.4. The van der Waals surface area contributed by atoms with E-state index in [-0.39, 0.29) is 6.04 Å². The van der Waals surface area contributed by atoms with Crippen LogP contribution in [0.2, 0.25) is 0 Å². The van der Waals surface area contributed by atoms with E-state index in [1.165, 1.54) is 0 Å². The summed E-state index contributed by atoms with van der Waals surface area (Å²) >= 11 is 3.46. The van der Waals surface area contributed by atoms with Crippen molar-refractivity contribution in [3.63, 3.8) is 0 Å². The Labute approximate surface area is 127 Å². The summed E-state index contributed by atoms with van der Waals surface area (Å²) in [5.74, 6) is 0.784. The summed E-state index contributed by atoms with van der Waals surface area (Å²) in [4.78, 5) is 0. The molecule has 0 aromatic heterocycles. The predicted molar refractivity (Wildman–Crippen MR) is 83.7 cm³/mol. The van der Waals surface area contributed by atoms with Crippen molar-refractivity contribution < 1.29 is 4.74 Å². The molecule has 4 heteroatoms. The summed E-state index contributed by atoms with van der Waals surface area (Å²) in [6.45, 7) is 0. The van der Waals surface area contributed by atoms with Gasteiger partial charge in [-0.05, 0) is 39.7 Å². The molecule has 1 atom stereocenters. The minimum Gasteiger partial charge on any atom is -0.496 e. The Morgan fingerprint density at radius 1 is 1.25 bits per heavy atom. The molecule has 0 aliphatic carbocycles. The number of nitrogens with one attached hydrogen (secondary N) is 1. The SMILES string of the molecule is COc1ccc(NC(CC#N)c2ccccc2)cc1Br. The Kier molecular flexibility index (Phi) is 5.03. The van der Waals surface area contributed by atoms with Gasteiger partial charge in [0.2, 0.25) is 0 Å². The number of rotatable bonds is 5. The molecular weight excluding hydrogens is 316 g/mol. The number of halogens is 1. The summed E-state index contributed by atoms with van der Waals surface area (Å²) in [7, 11) is 1.63. The third-order valence-corrected chi connectivity index (χ3v) is 3.61. The molecule has 0 aliphatic rings. The van der Waals surface area contributed by atoms with E-state index in [4.69, 9.17) is 10.00 Å². The number of hydrogen-bond acceptors (Lipinski definition) is 3. The summed E-state index contributed by atoms with van der Waals surface area (Å²) < 4.78 is 6.09. The highest BCUT2D eigenvalue weighted by molar-refractivity contribution is 9.10. The zero-order valence-corrected chi connectivity index (χ0v) is 12.7. The number of hydrogen-bond donors (Lipinski definition) is 1. The number of nitrogens with zero attached hydrogens (tertiary/aromatic N) is 1. The molecule has 2 aromatic carbocycles. The van der Waals surface area contributed by atoms with E-state index in [1.54, 1.807) is 7.11 Å². The van der Waals surface area contributed by atoms with Gasteiger partial charge in [0.05, 0.1) is 30.1 Å². The van der Waals surface area contributed by atoms with Gasteiger partial charge in [0.1, 0.15) is 5.75 Å². The highest BCUT2D eigenvalue weighted by Gasteiger charge is 2.11. The number of nitriles is 1. The molecule has 0 spiro atoms. The topological polar surface area (TPSA) is 45.0 Å². The standard InChI is InChI=1S/C16H15BrN2O/c1-20-16-8-7-13(11-14(16)17)19-15(9-10-18)12-5-3-2-4-6-12/h2-8,11,15,19H,9H2,1H3. The lowest BCUT2D eigenvalue weighted by molar-refractivity contribution is 0.412. The van der Waals surface area contributed by atoms with E-state index in [1.807, 2.05) is 48.5 Å². The van der Waals surface area contributed by atoms with E-state index in [2.05, 4.69) is 27.3 Å². The second-order valence-corrected chi connectivity index (χ2v) is 5.17. The summed E-state index contributed by atoms with van der Waals surface area (Å²) in [5.41, 5.74) is 2.04. The third-order valence-electron chi connectivity index (χ3n) is 2.99. The lowest BCUT2D eigenvalue weighted by atomic mass is 10.0. The number of benzene rings is 2. The largest absolute Gasteiger partial charge is 0.496 e. The second kappa shape index (κ2) is 6.97. The average Bonchev–Trinajstić information content (AvgIpc) is 2.48. The van der Waals surface area contributed by atoms with E-state index in [9.17, 15) is 0 Å². The van der Waals surface area contributed by atoms with Gasteiger partial charge in [0.25, 0.3) is 0 Å². The predicted octanol–water partition coefficient (Wildman–Crippen LogP) is 4.52. The number of ether oxygens (including phenoxy) is 1. The van der Waals surface area contributed by atoms with Crippen molar-refractivity contribution in [2.75, 3.05) is 12.4 Å². The van der Waals surface area contributed by atoms with Gasteiger partial charge in [0.15, 0.2) is 0 Å². The molecule has 0 fully saturated rings. The van der Waals surface area contributed by atoms with Crippen molar-refractivity contribution in [2.45, 2.75) is 12.5 Å². The Hall–Kier alpha value is -1.99. The second-order valence-electron chi connectivity index (χ2n) is 4.32. The van der Waals surface area contributed by atoms with Gasteiger partial charge in [-0.1, -0.05) is 30.3 Å². The van der Waals surface area contributed by atoms with Crippen LogP contribution in [0.5, 0.6) is 5.75 Å². The Morgan fingerprint density at radius 2 is 2.00 bits per heavy atom. The maximum absolute atomic E-state index is 8.99. The Morgan fingerprint density at radius 3 is 2.60 bits per heavy atom. The van der Waals surface area contributed by atoms with Crippen LogP contribution in [0.4, 0.5) is 5.69 Å². The van der Waals surface area contributed by atoms with E-state index in [0.717, 1.165) is 21.5 Å². The van der Waals surface area contributed by atoms with E-state index >= 15 is 0 Å². The monoisotopic (exact) mass is 330 g/mol. The molecule has 0 aliphatic heterocycles. The van der Waals surface area contributed by atoms with Crippen molar-refractivity contribution in [3.05, 3.63) is 58.6 Å². The van der Waals surface area contributed by atoms with Crippen LogP contribution in [-0.4, -0.2) is 7.11 Å². The van der Waals surface area contributed by atoms with Crippen LogP contribution in [0.15, 0.2) is 53.0 Å². The van der Waals surface area contributed by atoms with Crippen molar-refractivity contribution in [1.82, 2.24) is 0 Å². The minimum atomic E-state index is -0.0264. The van der Waals surface area contributed by atoms with Crippen LogP contribution in [0, 0.1) is 11.3 Å². The van der Waals surface area contributed by atoms with Gasteiger partial charge in [0, 0.05) is 5.69 Å². The number of methoxy groups -OCH3 is 1. The molecule has 0 amide bonds. The summed E-state index contributed by atoms with van der Waals surface area (Å²) in [6, 6.07) is 17.9. The molecule has 0 heterocycles. The van der Waals surface area contributed by atoms with Crippen LogP contribution < -0.4 is 10.1 Å². The first-order chi connectivity index (χ1) is 9.74. The van der Waals surface area contributed by atoms with E-state index < -0.39 is 0 Å². The van der Waals surface area contributed by atoms with Gasteiger partial charge in [-0.2, -0.15) is 5.26 Å². The summed E-state index contributed by atoms with van der Waals surface area (Å²) in [5, 5.41) is 12.4. The highest BCUT2D eigenvalue weighted by atomic mass is 79.9. The molecule has 0 bridgehead atoms. The fourth-order valence-corrected chi connectivity index (χ4v) is 2.53. The van der Waals surface area contributed by atoms with Gasteiger partial charge >= 0.3 is 0 Å². The first-order valence-corrected chi connectivity index (χ1v) is 7.06. The zero-order valence-electron chi connectivity index (χ0n) is 11.1. The smallest absolute Gasteiger partial charge is 0.133 e.